The molecule has 2 heterocycles. The number of rotatable bonds is 0. The van der Waals surface area contributed by atoms with Crippen LogP contribution >= 0.6 is 0 Å². The highest BCUT2D eigenvalue weighted by Crippen LogP contribution is 2.24. The van der Waals surface area contributed by atoms with Gasteiger partial charge >= 0.3 is 6.03 Å². The Hall–Kier alpha value is -0.770. The molecule has 0 aromatic carbocycles. The summed E-state index contributed by atoms with van der Waals surface area (Å²) in [6, 6.07) is 0.328. The second-order valence-electron chi connectivity index (χ2n) is 3.36. The van der Waals surface area contributed by atoms with Crippen LogP contribution in [-0.2, 0) is 0 Å². The van der Waals surface area contributed by atoms with E-state index in [1.54, 1.807) is 16.8 Å². The maximum absolute atomic E-state index is 11.3. The highest BCUT2D eigenvalue weighted by molar-refractivity contribution is 5.77. The van der Waals surface area contributed by atoms with Crippen LogP contribution < -0.4 is 0 Å². The number of likely N-dealkylation sites (N-methyl/N-ethyl adjacent to an activating group) is 1. The normalized spacial score (nSPS) is 36.7. The minimum Gasteiger partial charge on any atom is -0.391 e. The van der Waals surface area contributed by atoms with E-state index in [1.807, 2.05) is 0 Å². The van der Waals surface area contributed by atoms with Crippen LogP contribution in [0.2, 0.25) is 0 Å². The molecule has 1 N–H and O–H groups in total. The molecule has 62 valence electrons. The molecule has 2 atom stereocenters. The van der Waals surface area contributed by atoms with Gasteiger partial charge < -0.3 is 14.9 Å². The van der Waals surface area contributed by atoms with Gasteiger partial charge in [-0.2, -0.15) is 0 Å². The van der Waals surface area contributed by atoms with Gasteiger partial charge in [0.05, 0.1) is 12.1 Å². The first kappa shape index (κ1) is 6.91. The first-order valence-electron chi connectivity index (χ1n) is 3.88. The Balaban J connectivity index is 2.13. The standard InChI is InChI=1S/C7H12N2O2/c1-8-3-5-2-6(10)4-9(5)7(8)11/h5-6,10H,2-4H2,1H3/t5-,6-/m1/s1. The number of carbonyl (C=O) groups is 1. The minimum atomic E-state index is -0.294. The summed E-state index contributed by atoms with van der Waals surface area (Å²) in [5, 5.41) is 9.23. The fourth-order valence-electron chi connectivity index (χ4n) is 1.91. The third-order valence-corrected chi connectivity index (χ3v) is 2.45. The van der Waals surface area contributed by atoms with Crippen LogP contribution in [0.15, 0.2) is 0 Å². The number of amides is 2. The Morgan fingerprint density at radius 3 is 2.91 bits per heavy atom. The first-order chi connectivity index (χ1) is 5.18. The molecule has 0 aromatic heterocycles. The average molecular weight is 156 g/mol. The molecule has 0 bridgehead atoms. The Kier molecular flexibility index (Phi) is 1.32. The molecule has 0 aliphatic carbocycles. The summed E-state index contributed by atoms with van der Waals surface area (Å²) >= 11 is 0. The Morgan fingerprint density at radius 1 is 1.55 bits per heavy atom. The van der Waals surface area contributed by atoms with Gasteiger partial charge in [-0.1, -0.05) is 0 Å². The lowest BCUT2D eigenvalue weighted by Crippen LogP contribution is -2.31. The van der Waals surface area contributed by atoms with Gasteiger partial charge in [0.2, 0.25) is 0 Å². The number of aliphatic hydroxyl groups excluding tert-OH is 1. The van der Waals surface area contributed by atoms with Crippen LogP contribution in [0.4, 0.5) is 4.79 Å². The zero-order chi connectivity index (χ0) is 8.01. The second kappa shape index (κ2) is 2.11. The number of urea groups is 1. The average Bonchev–Trinajstić information content (AvgIpc) is 2.37. The predicted molar refractivity (Wildman–Crippen MR) is 39.1 cm³/mol. The summed E-state index contributed by atoms with van der Waals surface area (Å²) in [6.07, 6.45) is 0.452. The summed E-state index contributed by atoms with van der Waals surface area (Å²) in [6.45, 7) is 1.30. The number of nitrogens with zero attached hydrogens (tertiary/aromatic N) is 2. The van der Waals surface area contributed by atoms with Crippen molar-refractivity contribution in [1.82, 2.24) is 9.80 Å². The lowest BCUT2D eigenvalue weighted by Gasteiger charge is -2.12. The number of fused-ring (bicyclic) bond motifs is 1. The monoisotopic (exact) mass is 156 g/mol. The molecule has 4 nitrogen and oxygen atoms in total. The van der Waals surface area contributed by atoms with Crippen molar-refractivity contribution in [3.8, 4) is 0 Å². The van der Waals surface area contributed by atoms with Gasteiger partial charge in [0.1, 0.15) is 0 Å². The maximum Gasteiger partial charge on any atom is 0.320 e. The largest absolute Gasteiger partial charge is 0.391 e. The maximum atomic E-state index is 11.3. The summed E-state index contributed by atoms with van der Waals surface area (Å²) in [5.74, 6) is 0. The molecule has 2 aliphatic rings. The highest BCUT2D eigenvalue weighted by atomic mass is 16.3. The van der Waals surface area contributed by atoms with Gasteiger partial charge in [0, 0.05) is 20.1 Å². The van der Waals surface area contributed by atoms with Gasteiger partial charge in [-0.05, 0) is 6.42 Å². The summed E-state index contributed by atoms with van der Waals surface area (Å²) in [5.41, 5.74) is 0. The van der Waals surface area contributed by atoms with Gasteiger partial charge in [0.15, 0.2) is 0 Å². The molecular formula is C7H12N2O2. The smallest absolute Gasteiger partial charge is 0.320 e. The summed E-state index contributed by atoms with van der Waals surface area (Å²) in [7, 11) is 1.80. The first-order valence-corrected chi connectivity index (χ1v) is 3.88. The molecule has 0 radical (unpaired) electrons. The highest BCUT2D eigenvalue weighted by Gasteiger charge is 2.41. The Labute approximate surface area is 65.4 Å². The number of carbonyl (C=O) groups excluding carboxylic acids is 1. The Bertz CT molecular complexity index is 195. The molecule has 0 saturated carbocycles. The molecule has 11 heavy (non-hydrogen) atoms. The van der Waals surface area contributed by atoms with Crippen molar-refractivity contribution in [2.45, 2.75) is 18.6 Å². The molecule has 0 aromatic rings. The van der Waals surface area contributed by atoms with Crippen LogP contribution in [0.5, 0.6) is 0 Å². The molecular weight excluding hydrogens is 144 g/mol. The third kappa shape index (κ3) is 0.894. The Morgan fingerprint density at radius 2 is 2.27 bits per heavy atom. The van der Waals surface area contributed by atoms with Crippen LogP contribution in [-0.4, -0.2) is 53.2 Å². The van der Waals surface area contributed by atoms with Crippen LogP contribution in [0.3, 0.4) is 0 Å². The second-order valence-corrected chi connectivity index (χ2v) is 3.36. The fourth-order valence-corrected chi connectivity index (χ4v) is 1.91. The van der Waals surface area contributed by atoms with Crippen molar-refractivity contribution in [1.29, 1.82) is 0 Å². The van der Waals surface area contributed by atoms with Gasteiger partial charge in [-0.25, -0.2) is 4.79 Å². The number of hydrogen-bond donors (Lipinski definition) is 1. The van der Waals surface area contributed by atoms with Crippen LogP contribution in [0.25, 0.3) is 0 Å². The van der Waals surface area contributed by atoms with Crippen molar-refractivity contribution in [2.75, 3.05) is 20.1 Å². The van der Waals surface area contributed by atoms with Crippen molar-refractivity contribution >= 4 is 6.03 Å². The number of hydrogen-bond acceptors (Lipinski definition) is 2. The zero-order valence-electron chi connectivity index (χ0n) is 6.53. The van der Waals surface area contributed by atoms with E-state index in [2.05, 4.69) is 0 Å². The van der Waals surface area contributed by atoms with Gasteiger partial charge in [0.25, 0.3) is 0 Å². The van der Waals surface area contributed by atoms with Crippen molar-refractivity contribution in [3.63, 3.8) is 0 Å². The quantitative estimate of drug-likeness (QED) is 0.513. The topological polar surface area (TPSA) is 43.8 Å². The molecule has 0 unspecified atom stereocenters. The number of aliphatic hydroxyl groups is 1. The van der Waals surface area contributed by atoms with E-state index in [4.69, 9.17) is 0 Å². The summed E-state index contributed by atoms with van der Waals surface area (Å²) < 4.78 is 0. The van der Waals surface area contributed by atoms with E-state index in [9.17, 15) is 9.90 Å². The minimum absolute atomic E-state index is 0.0616. The fraction of sp³-hybridized carbons (Fsp3) is 0.857. The van der Waals surface area contributed by atoms with E-state index in [0.717, 1.165) is 13.0 Å². The van der Waals surface area contributed by atoms with Gasteiger partial charge in [-0.3, -0.25) is 0 Å². The zero-order valence-corrected chi connectivity index (χ0v) is 6.53. The molecule has 2 fully saturated rings. The van der Waals surface area contributed by atoms with E-state index >= 15 is 0 Å². The van der Waals surface area contributed by atoms with E-state index < -0.39 is 0 Å². The van der Waals surface area contributed by atoms with E-state index in [-0.39, 0.29) is 18.2 Å². The SMILES string of the molecule is CN1C[C@H]2C[C@@H](O)CN2C1=O. The van der Waals surface area contributed by atoms with Gasteiger partial charge in [-0.15, -0.1) is 0 Å². The molecule has 0 spiro atoms. The lowest BCUT2D eigenvalue weighted by molar-refractivity contribution is 0.164. The van der Waals surface area contributed by atoms with Crippen molar-refractivity contribution < 1.29 is 9.90 Å². The summed E-state index contributed by atoms with van der Waals surface area (Å²) in [4.78, 5) is 14.7. The predicted octanol–water partition coefficient (Wildman–Crippen LogP) is -0.513. The lowest BCUT2D eigenvalue weighted by atomic mass is 10.2. The van der Waals surface area contributed by atoms with Crippen LogP contribution in [0, 0.1) is 0 Å². The third-order valence-electron chi connectivity index (χ3n) is 2.45. The molecule has 2 rings (SSSR count). The van der Waals surface area contributed by atoms with E-state index in [1.165, 1.54) is 0 Å². The van der Waals surface area contributed by atoms with Crippen molar-refractivity contribution in [2.24, 2.45) is 0 Å². The van der Waals surface area contributed by atoms with E-state index in [0.29, 0.717) is 6.54 Å². The van der Waals surface area contributed by atoms with Crippen molar-refractivity contribution in [3.05, 3.63) is 0 Å². The molecule has 4 heteroatoms. The molecule has 2 amide bonds. The molecule has 2 aliphatic heterocycles. The van der Waals surface area contributed by atoms with Crippen LogP contribution in [0.1, 0.15) is 6.42 Å². The molecule has 2 saturated heterocycles.